The largest absolute Gasteiger partial charge is 0.0619 e. The van der Waals surface area contributed by atoms with Crippen LogP contribution in [0, 0.1) is 0 Å². The molecule has 0 spiro atoms. The van der Waals surface area contributed by atoms with Gasteiger partial charge in [-0.15, -0.1) is 0 Å². The van der Waals surface area contributed by atoms with Crippen LogP contribution in [0.5, 0.6) is 0 Å². The summed E-state index contributed by atoms with van der Waals surface area (Å²) in [5, 5.41) is 13.0. The monoisotopic (exact) mass is 944 g/mol. The Balaban J connectivity index is 0.864. The van der Waals surface area contributed by atoms with E-state index in [0.717, 1.165) is 0 Å². The Kier molecular flexibility index (Phi) is 8.00. The molecule has 12 aromatic rings. The zero-order valence-electron chi connectivity index (χ0n) is 43.5. The zero-order valence-corrected chi connectivity index (χ0v) is 43.5. The Hall–Kier alpha value is -8.06. The molecule has 0 fully saturated rings. The molecule has 4 aliphatic carbocycles. The average Bonchev–Trinajstić information content (AvgIpc) is 4.07. The number of hydrogen-bond acceptors (Lipinski definition) is 0. The first kappa shape index (κ1) is 42.4. The lowest BCUT2D eigenvalue weighted by Gasteiger charge is -2.24. The van der Waals surface area contributed by atoms with Gasteiger partial charge in [0, 0.05) is 21.7 Å². The fraction of sp³-hybridized carbons (Fsp3) is 0.162. The molecule has 0 N–H and O–H groups in total. The van der Waals surface area contributed by atoms with Crippen molar-refractivity contribution in [2.24, 2.45) is 0 Å². The molecule has 0 aliphatic heterocycles. The highest BCUT2D eigenvalue weighted by atomic mass is 14.5. The van der Waals surface area contributed by atoms with Crippen LogP contribution in [0.1, 0.15) is 99.9 Å². The number of benzene rings is 12. The standard InChI is InChI=1S/C74H56/c1-71(2)61-23-15-13-19-49(61)55-37-67-57(39-65(55)71)51-31-27-43(35-63(51)73(67,5)6)41-25-29-47-45-17-9-12-22-54(45)70-60-34-42(26-30-48(60)46-18-10-11-21-53(46)69(70)59(47)33-41)44-28-32-52-58-40-66-56(38-68(58)74(7,8)64(52)36-44)50-20-14-16-24-62(50)72(66,3)4/h9-40H,1-8H3. The fourth-order valence-corrected chi connectivity index (χ4v) is 15.2. The molecule has 0 saturated carbocycles. The molecule has 0 atom stereocenters. The van der Waals surface area contributed by atoms with Gasteiger partial charge in [0.05, 0.1) is 0 Å². The van der Waals surface area contributed by atoms with Gasteiger partial charge in [0.2, 0.25) is 0 Å². The summed E-state index contributed by atoms with van der Waals surface area (Å²) < 4.78 is 0. The highest BCUT2D eigenvalue weighted by molar-refractivity contribution is 6.39. The third kappa shape index (κ3) is 5.24. The van der Waals surface area contributed by atoms with E-state index in [4.69, 9.17) is 0 Å². The third-order valence-electron chi connectivity index (χ3n) is 19.2. The Morgan fingerprint density at radius 2 is 0.459 bits per heavy atom. The smallest absolute Gasteiger partial charge is 0.0159 e. The molecule has 352 valence electrons. The van der Waals surface area contributed by atoms with Gasteiger partial charge in [-0.3, -0.25) is 0 Å². The van der Waals surface area contributed by atoms with E-state index in [0.29, 0.717) is 0 Å². The minimum Gasteiger partial charge on any atom is -0.0619 e. The number of fused-ring (bicyclic) bond motifs is 23. The van der Waals surface area contributed by atoms with Crippen LogP contribution >= 0.6 is 0 Å². The lowest BCUT2D eigenvalue weighted by Crippen LogP contribution is -2.17. The molecule has 0 heteroatoms. The summed E-state index contributed by atoms with van der Waals surface area (Å²) in [4.78, 5) is 0. The van der Waals surface area contributed by atoms with E-state index >= 15 is 0 Å². The van der Waals surface area contributed by atoms with Crippen LogP contribution in [-0.2, 0) is 21.7 Å². The van der Waals surface area contributed by atoms with Crippen molar-refractivity contribution in [2.45, 2.75) is 77.0 Å². The van der Waals surface area contributed by atoms with Crippen LogP contribution in [0.15, 0.2) is 194 Å². The average molecular weight is 945 g/mol. The molecule has 0 unspecified atom stereocenters. The van der Waals surface area contributed by atoms with Crippen molar-refractivity contribution < 1.29 is 0 Å². The molecule has 0 bridgehead atoms. The Bertz CT molecular complexity index is 4290. The lowest BCUT2D eigenvalue weighted by atomic mass is 9.79. The molecular weight excluding hydrogens is 889 g/mol. The minimum absolute atomic E-state index is 0.0398. The Morgan fingerprint density at radius 1 is 0.189 bits per heavy atom. The van der Waals surface area contributed by atoms with Crippen molar-refractivity contribution in [3.05, 3.63) is 239 Å². The lowest BCUT2D eigenvalue weighted by molar-refractivity contribution is 0.652. The zero-order chi connectivity index (χ0) is 49.9. The molecule has 0 radical (unpaired) electrons. The predicted octanol–water partition coefficient (Wildman–Crippen LogP) is 20.0. The molecule has 16 rings (SSSR count). The van der Waals surface area contributed by atoms with Gasteiger partial charge < -0.3 is 0 Å². The maximum atomic E-state index is 2.53. The molecule has 0 nitrogen and oxygen atoms in total. The molecule has 0 saturated heterocycles. The van der Waals surface area contributed by atoms with Crippen molar-refractivity contribution in [1.29, 1.82) is 0 Å². The Labute approximate surface area is 434 Å². The first-order valence-electron chi connectivity index (χ1n) is 26.8. The highest BCUT2D eigenvalue weighted by Crippen LogP contribution is 2.59. The summed E-state index contributed by atoms with van der Waals surface area (Å²) in [6.07, 6.45) is 0. The Morgan fingerprint density at radius 3 is 0.851 bits per heavy atom. The van der Waals surface area contributed by atoms with Gasteiger partial charge in [-0.1, -0.05) is 201 Å². The van der Waals surface area contributed by atoms with Gasteiger partial charge in [-0.05, 0) is 214 Å². The van der Waals surface area contributed by atoms with Crippen LogP contribution in [0.3, 0.4) is 0 Å². The molecular formula is C74H56. The highest BCUT2D eigenvalue weighted by Gasteiger charge is 2.43. The van der Waals surface area contributed by atoms with E-state index in [1.165, 1.54) is 165 Å². The van der Waals surface area contributed by atoms with Gasteiger partial charge in [-0.2, -0.15) is 0 Å². The second-order valence-electron chi connectivity index (χ2n) is 24.4. The van der Waals surface area contributed by atoms with E-state index in [9.17, 15) is 0 Å². The van der Waals surface area contributed by atoms with Gasteiger partial charge in [0.25, 0.3) is 0 Å². The molecule has 0 aromatic heterocycles. The summed E-state index contributed by atoms with van der Waals surface area (Å²) in [5.41, 5.74) is 27.1. The molecule has 0 amide bonds. The first-order valence-corrected chi connectivity index (χ1v) is 26.8. The molecule has 12 aromatic carbocycles. The van der Waals surface area contributed by atoms with Crippen molar-refractivity contribution in [2.75, 3.05) is 0 Å². The van der Waals surface area contributed by atoms with Crippen molar-refractivity contribution in [3.8, 4) is 66.8 Å². The van der Waals surface area contributed by atoms with Crippen LogP contribution in [-0.4, -0.2) is 0 Å². The maximum absolute atomic E-state index is 2.53. The van der Waals surface area contributed by atoms with Gasteiger partial charge in [0.1, 0.15) is 0 Å². The molecule has 0 heterocycles. The topological polar surface area (TPSA) is 0 Å². The SMILES string of the molecule is CC1(C)c2ccccc2-c2cc3c(cc21)-c1ccc(-c2ccc4c5ccccc5c5c6cc(-c7ccc8c(c7)C(C)(C)c7cc9c(cc7-8)C(C)(C)c7ccccc7-9)ccc6c6ccccc6c5c4c2)cc1C3(C)C. The summed E-state index contributed by atoms with van der Waals surface area (Å²) in [5.74, 6) is 0. The molecule has 74 heavy (non-hydrogen) atoms. The normalized spacial score (nSPS) is 16.3. The number of hydrogen-bond donors (Lipinski definition) is 0. The number of rotatable bonds is 2. The fourth-order valence-electron chi connectivity index (χ4n) is 15.2. The predicted molar refractivity (Wildman–Crippen MR) is 315 cm³/mol. The summed E-state index contributed by atoms with van der Waals surface area (Å²) in [7, 11) is 0. The van der Waals surface area contributed by atoms with Crippen LogP contribution in [0.25, 0.3) is 121 Å². The maximum Gasteiger partial charge on any atom is 0.0159 e. The summed E-state index contributed by atoms with van der Waals surface area (Å²) in [6, 6.07) is 75.6. The van der Waals surface area contributed by atoms with E-state index < -0.39 is 0 Å². The minimum atomic E-state index is -0.146. The van der Waals surface area contributed by atoms with Gasteiger partial charge in [0.15, 0.2) is 0 Å². The van der Waals surface area contributed by atoms with Crippen LogP contribution in [0.2, 0.25) is 0 Å². The third-order valence-corrected chi connectivity index (χ3v) is 19.2. The van der Waals surface area contributed by atoms with E-state index in [-0.39, 0.29) is 21.7 Å². The van der Waals surface area contributed by atoms with Gasteiger partial charge in [-0.25, -0.2) is 0 Å². The van der Waals surface area contributed by atoms with E-state index in [2.05, 4.69) is 250 Å². The van der Waals surface area contributed by atoms with E-state index in [1.807, 2.05) is 0 Å². The second-order valence-corrected chi connectivity index (χ2v) is 24.4. The second kappa shape index (κ2) is 14.0. The van der Waals surface area contributed by atoms with E-state index in [1.54, 1.807) is 0 Å². The summed E-state index contributed by atoms with van der Waals surface area (Å²) >= 11 is 0. The quantitative estimate of drug-likeness (QED) is 0.152. The molecule has 4 aliphatic rings. The van der Waals surface area contributed by atoms with Crippen molar-refractivity contribution >= 4 is 53.9 Å². The first-order chi connectivity index (χ1) is 35.7. The van der Waals surface area contributed by atoms with Crippen LogP contribution < -0.4 is 0 Å². The van der Waals surface area contributed by atoms with Crippen molar-refractivity contribution in [1.82, 2.24) is 0 Å². The van der Waals surface area contributed by atoms with Crippen molar-refractivity contribution in [3.63, 3.8) is 0 Å². The summed E-state index contributed by atoms with van der Waals surface area (Å²) in [6.45, 7) is 19.3. The van der Waals surface area contributed by atoms with Crippen LogP contribution in [0.4, 0.5) is 0 Å². The van der Waals surface area contributed by atoms with Gasteiger partial charge >= 0.3 is 0 Å².